The highest BCUT2D eigenvalue weighted by Gasteiger charge is 2.28. The number of hydrogen-bond donors (Lipinski definition) is 1. The van der Waals surface area contributed by atoms with E-state index in [1.807, 2.05) is 38.1 Å². The summed E-state index contributed by atoms with van der Waals surface area (Å²) in [6.07, 6.45) is 0.716. The average Bonchev–Trinajstić information content (AvgIpc) is 2.69. The lowest BCUT2D eigenvalue weighted by atomic mass is 10.0. The van der Waals surface area contributed by atoms with E-state index >= 15 is 0 Å². The van der Waals surface area contributed by atoms with Gasteiger partial charge in [-0.05, 0) is 55.7 Å². The number of carbonyl (C=O) groups excluding carboxylic acids is 1. The third-order valence-corrected chi connectivity index (χ3v) is 6.75. The molecule has 2 aromatic rings. The molecule has 6 nitrogen and oxygen atoms in total. The molecular formula is C20H25N3O3S. The minimum Gasteiger partial charge on any atom is -0.325 e. The van der Waals surface area contributed by atoms with Crippen LogP contribution in [-0.2, 0) is 23.0 Å². The fourth-order valence-corrected chi connectivity index (χ4v) is 4.67. The molecule has 0 unspecified atom stereocenters. The lowest BCUT2D eigenvalue weighted by Gasteiger charge is -2.28. The lowest BCUT2D eigenvalue weighted by Crippen LogP contribution is -2.36. The van der Waals surface area contributed by atoms with E-state index in [0.717, 1.165) is 5.56 Å². The van der Waals surface area contributed by atoms with Gasteiger partial charge in [-0.15, -0.1) is 0 Å². The molecule has 27 heavy (non-hydrogen) atoms. The van der Waals surface area contributed by atoms with Gasteiger partial charge in [-0.3, -0.25) is 0 Å². The van der Waals surface area contributed by atoms with E-state index in [9.17, 15) is 13.2 Å². The number of benzene rings is 2. The maximum absolute atomic E-state index is 13.0. The molecule has 1 aliphatic heterocycles. The molecule has 1 N–H and O–H groups in total. The van der Waals surface area contributed by atoms with Crippen molar-refractivity contribution in [3.05, 3.63) is 59.7 Å². The number of fused-ring (bicyclic) bond motifs is 1. The minimum atomic E-state index is -3.57. The van der Waals surface area contributed by atoms with Crippen molar-refractivity contribution in [1.29, 1.82) is 0 Å². The van der Waals surface area contributed by atoms with Crippen molar-refractivity contribution in [3.63, 3.8) is 0 Å². The van der Waals surface area contributed by atoms with Crippen molar-refractivity contribution in [2.45, 2.75) is 31.7 Å². The maximum atomic E-state index is 13.0. The van der Waals surface area contributed by atoms with Crippen LogP contribution in [0.1, 0.15) is 25.0 Å². The summed E-state index contributed by atoms with van der Waals surface area (Å²) in [6, 6.07) is 14.1. The maximum Gasteiger partial charge on any atom is 0.321 e. The molecule has 1 heterocycles. The molecule has 7 heteroatoms. The topological polar surface area (TPSA) is 69.7 Å². The van der Waals surface area contributed by atoms with Crippen molar-refractivity contribution in [2.75, 3.05) is 25.0 Å². The van der Waals surface area contributed by atoms with Crippen LogP contribution in [-0.4, -0.2) is 43.3 Å². The standard InChI is InChI=1S/C20H25N3O3S/c1-3-22(4-2)20(24)21-18-9-11-19(12-10-18)27(25,26)23-14-13-16-7-5-6-8-17(16)15-23/h5-12H,3-4,13-15H2,1-2H3,(H,21,24). The van der Waals surface area contributed by atoms with Crippen LogP contribution in [0.15, 0.2) is 53.4 Å². The number of hydrogen-bond acceptors (Lipinski definition) is 3. The second kappa shape index (κ2) is 8.10. The van der Waals surface area contributed by atoms with E-state index in [-0.39, 0.29) is 10.9 Å². The number of nitrogens with one attached hydrogen (secondary N) is 1. The molecule has 0 atom stereocenters. The van der Waals surface area contributed by atoms with Crippen LogP contribution < -0.4 is 5.32 Å². The van der Waals surface area contributed by atoms with Crippen LogP contribution in [0.25, 0.3) is 0 Å². The van der Waals surface area contributed by atoms with Crippen LogP contribution in [0.2, 0.25) is 0 Å². The quantitative estimate of drug-likeness (QED) is 0.856. The van der Waals surface area contributed by atoms with Crippen molar-refractivity contribution in [2.24, 2.45) is 0 Å². The summed E-state index contributed by atoms with van der Waals surface area (Å²) in [5, 5.41) is 2.79. The lowest BCUT2D eigenvalue weighted by molar-refractivity contribution is 0.217. The fraction of sp³-hybridized carbons (Fsp3) is 0.350. The van der Waals surface area contributed by atoms with Gasteiger partial charge in [-0.2, -0.15) is 4.31 Å². The molecule has 144 valence electrons. The van der Waals surface area contributed by atoms with Crippen molar-refractivity contribution >= 4 is 21.7 Å². The Morgan fingerprint density at radius 3 is 2.30 bits per heavy atom. The second-order valence-corrected chi connectivity index (χ2v) is 8.42. The van der Waals surface area contributed by atoms with E-state index in [1.54, 1.807) is 29.2 Å². The van der Waals surface area contributed by atoms with Gasteiger partial charge >= 0.3 is 6.03 Å². The summed E-state index contributed by atoms with van der Waals surface area (Å²) in [6.45, 7) is 5.92. The molecule has 0 aromatic heterocycles. The Morgan fingerprint density at radius 2 is 1.67 bits per heavy atom. The zero-order valence-corrected chi connectivity index (χ0v) is 16.5. The number of urea groups is 1. The van der Waals surface area contributed by atoms with E-state index in [0.29, 0.717) is 38.3 Å². The summed E-state index contributed by atoms with van der Waals surface area (Å²) in [5.74, 6) is 0. The van der Waals surface area contributed by atoms with E-state index in [1.165, 1.54) is 9.87 Å². The SMILES string of the molecule is CCN(CC)C(=O)Nc1ccc(S(=O)(=O)N2CCc3ccccc3C2)cc1. The van der Waals surface area contributed by atoms with Gasteiger partial charge in [0.15, 0.2) is 0 Å². The predicted molar refractivity (Wildman–Crippen MR) is 106 cm³/mol. The molecule has 0 aliphatic carbocycles. The monoisotopic (exact) mass is 387 g/mol. The smallest absolute Gasteiger partial charge is 0.321 e. The van der Waals surface area contributed by atoms with Gasteiger partial charge in [0.2, 0.25) is 10.0 Å². The van der Waals surface area contributed by atoms with Crippen LogP contribution in [0.5, 0.6) is 0 Å². The first kappa shape index (κ1) is 19.4. The molecule has 2 amide bonds. The van der Waals surface area contributed by atoms with E-state index < -0.39 is 10.0 Å². The molecule has 0 bridgehead atoms. The first-order chi connectivity index (χ1) is 13.0. The van der Waals surface area contributed by atoms with E-state index in [2.05, 4.69) is 5.32 Å². The molecule has 0 saturated heterocycles. The number of anilines is 1. The molecule has 0 saturated carbocycles. The summed E-state index contributed by atoms with van der Waals surface area (Å²) in [5.41, 5.74) is 2.84. The summed E-state index contributed by atoms with van der Waals surface area (Å²) < 4.78 is 27.4. The minimum absolute atomic E-state index is 0.191. The molecule has 0 fully saturated rings. The molecule has 2 aromatic carbocycles. The van der Waals surface area contributed by atoms with Crippen LogP contribution in [0.4, 0.5) is 10.5 Å². The highest BCUT2D eigenvalue weighted by molar-refractivity contribution is 7.89. The highest BCUT2D eigenvalue weighted by Crippen LogP contribution is 2.25. The highest BCUT2D eigenvalue weighted by atomic mass is 32.2. The van der Waals surface area contributed by atoms with Gasteiger partial charge in [0.05, 0.1) is 4.90 Å². The zero-order chi connectivity index (χ0) is 19.4. The van der Waals surface area contributed by atoms with E-state index in [4.69, 9.17) is 0 Å². The Hall–Kier alpha value is -2.38. The number of amides is 2. The fourth-order valence-electron chi connectivity index (χ4n) is 3.25. The third-order valence-electron chi connectivity index (χ3n) is 4.89. The van der Waals surface area contributed by atoms with Crippen molar-refractivity contribution in [1.82, 2.24) is 9.21 Å². The molecule has 3 rings (SSSR count). The van der Waals surface area contributed by atoms with Crippen LogP contribution in [0.3, 0.4) is 0 Å². The number of rotatable bonds is 5. The first-order valence-corrected chi connectivity index (χ1v) is 10.6. The number of carbonyl (C=O) groups is 1. The van der Waals surface area contributed by atoms with Gasteiger partial charge in [0.25, 0.3) is 0 Å². The predicted octanol–water partition coefficient (Wildman–Crippen LogP) is 3.31. The Kier molecular flexibility index (Phi) is 5.82. The van der Waals surface area contributed by atoms with Gasteiger partial charge in [0, 0.05) is 31.9 Å². The molecule has 0 radical (unpaired) electrons. The molecule has 0 spiro atoms. The van der Waals surface area contributed by atoms with Gasteiger partial charge in [-0.1, -0.05) is 24.3 Å². The zero-order valence-electron chi connectivity index (χ0n) is 15.7. The van der Waals surface area contributed by atoms with Crippen LogP contribution in [0, 0.1) is 0 Å². The number of sulfonamides is 1. The molecule has 1 aliphatic rings. The van der Waals surface area contributed by atoms with Gasteiger partial charge < -0.3 is 10.2 Å². The molecular weight excluding hydrogens is 362 g/mol. The Balaban J connectivity index is 1.74. The van der Waals surface area contributed by atoms with Gasteiger partial charge in [-0.25, -0.2) is 13.2 Å². The Labute approximate surface area is 160 Å². The Bertz CT molecular complexity index is 906. The van der Waals surface area contributed by atoms with Gasteiger partial charge in [0.1, 0.15) is 0 Å². The summed E-state index contributed by atoms with van der Waals surface area (Å²) in [7, 11) is -3.57. The largest absolute Gasteiger partial charge is 0.325 e. The third kappa shape index (κ3) is 4.14. The Morgan fingerprint density at radius 1 is 1.04 bits per heavy atom. The first-order valence-electron chi connectivity index (χ1n) is 9.18. The normalized spacial score (nSPS) is 14.4. The van der Waals surface area contributed by atoms with Crippen molar-refractivity contribution < 1.29 is 13.2 Å². The van der Waals surface area contributed by atoms with Crippen molar-refractivity contribution in [3.8, 4) is 0 Å². The number of nitrogens with zero attached hydrogens (tertiary/aromatic N) is 2. The summed E-state index contributed by atoms with van der Waals surface area (Å²) in [4.78, 5) is 14.0. The second-order valence-electron chi connectivity index (χ2n) is 6.48. The van der Waals surface area contributed by atoms with Crippen LogP contribution >= 0.6 is 0 Å². The summed E-state index contributed by atoms with van der Waals surface area (Å²) >= 11 is 0. The average molecular weight is 388 g/mol.